The highest BCUT2D eigenvalue weighted by Crippen LogP contribution is 2.12. The van der Waals surface area contributed by atoms with Crippen LogP contribution < -0.4 is 11.2 Å². The first-order chi connectivity index (χ1) is 10.5. The van der Waals surface area contributed by atoms with Crippen molar-refractivity contribution in [1.82, 2.24) is 18.7 Å². The van der Waals surface area contributed by atoms with Crippen LogP contribution in [0.15, 0.2) is 40.2 Å². The molecule has 7 heteroatoms. The van der Waals surface area contributed by atoms with E-state index in [1.165, 1.54) is 17.9 Å². The lowest BCUT2D eigenvalue weighted by Gasteiger charge is -2.07. The summed E-state index contributed by atoms with van der Waals surface area (Å²) in [5.41, 5.74) is 1.20. The highest BCUT2D eigenvalue weighted by Gasteiger charge is 2.15. The number of benzene rings is 1. The molecule has 3 aromatic rings. The minimum absolute atomic E-state index is 0.336. The maximum absolute atomic E-state index is 12.4. The van der Waals surface area contributed by atoms with E-state index in [-0.39, 0.29) is 0 Å². The predicted molar refractivity (Wildman–Crippen MR) is 80.5 cm³/mol. The maximum atomic E-state index is 12.4. The van der Waals surface area contributed by atoms with Gasteiger partial charge in [0.25, 0.3) is 5.56 Å². The van der Waals surface area contributed by atoms with E-state index in [1.807, 2.05) is 12.1 Å². The maximum Gasteiger partial charge on any atom is 0.332 e. The van der Waals surface area contributed by atoms with Crippen molar-refractivity contribution in [2.75, 3.05) is 0 Å². The van der Waals surface area contributed by atoms with Crippen LogP contribution in [0.3, 0.4) is 0 Å². The van der Waals surface area contributed by atoms with Crippen molar-refractivity contribution in [3.05, 3.63) is 62.6 Å². The predicted octanol–water partition coefficient (Wildman–Crippen LogP) is 0.354. The lowest BCUT2D eigenvalue weighted by Crippen LogP contribution is -2.37. The quantitative estimate of drug-likeness (QED) is 0.683. The van der Waals surface area contributed by atoms with Gasteiger partial charge in [-0.3, -0.25) is 13.9 Å². The number of nitrogens with zero attached hydrogens (tertiary/aromatic N) is 5. The molecule has 0 radical (unpaired) electrons. The molecular weight excluding hydrogens is 282 g/mol. The molecule has 1 aromatic carbocycles. The van der Waals surface area contributed by atoms with E-state index in [2.05, 4.69) is 11.1 Å². The molecule has 0 aliphatic rings. The zero-order chi connectivity index (χ0) is 15.9. The Morgan fingerprint density at radius 1 is 1.18 bits per heavy atom. The molecule has 0 N–H and O–H groups in total. The Kier molecular flexibility index (Phi) is 3.14. The zero-order valence-electron chi connectivity index (χ0n) is 12.1. The van der Waals surface area contributed by atoms with Crippen LogP contribution in [0.25, 0.3) is 11.2 Å². The topological polar surface area (TPSA) is 85.6 Å². The highest BCUT2D eigenvalue weighted by atomic mass is 16.2. The average molecular weight is 295 g/mol. The fourth-order valence-corrected chi connectivity index (χ4v) is 2.47. The summed E-state index contributed by atoms with van der Waals surface area (Å²) in [6.07, 6.45) is 1.51. The molecule has 0 fully saturated rings. The Labute approximate surface area is 125 Å². The number of rotatable bonds is 2. The van der Waals surface area contributed by atoms with E-state index in [1.54, 1.807) is 23.7 Å². The molecule has 110 valence electrons. The number of aryl methyl sites for hydroxylation is 1. The molecule has 0 saturated heterocycles. The summed E-state index contributed by atoms with van der Waals surface area (Å²) < 4.78 is 4.05. The number of aromatic nitrogens is 4. The van der Waals surface area contributed by atoms with E-state index in [0.717, 1.165) is 10.1 Å². The molecule has 0 atom stereocenters. The van der Waals surface area contributed by atoms with E-state index in [4.69, 9.17) is 5.26 Å². The Hall–Kier alpha value is -3.14. The van der Waals surface area contributed by atoms with Gasteiger partial charge in [0.1, 0.15) is 0 Å². The molecule has 3 rings (SSSR count). The summed E-state index contributed by atoms with van der Waals surface area (Å²) in [7, 11) is 3.01. The van der Waals surface area contributed by atoms with E-state index in [0.29, 0.717) is 23.3 Å². The summed E-state index contributed by atoms with van der Waals surface area (Å²) in [6.45, 7) is 0.341. The average Bonchev–Trinajstić information content (AvgIpc) is 2.95. The first-order valence-electron chi connectivity index (χ1n) is 6.63. The van der Waals surface area contributed by atoms with Crippen molar-refractivity contribution < 1.29 is 0 Å². The van der Waals surface area contributed by atoms with Crippen LogP contribution in [0.1, 0.15) is 11.1 Å². The molecule has 2 aromatic heterocycles. The Morgan fingerprint density at radius 3 is 2.64 bits per heavy atom. The standard InChI is InChI=1S/C15H13N5O2/c1-18-13-12(14(21)19(2)15(18)22)20(9-17-13)8-11-6-4-3-5-10(11)7-16/h3-6,9H,8H2,1-2H3. The molecular formula is C15H13N5O2. The molecule has 0 aliphatic carbocycles. The van der Waals surface area contributed by atoms with Gasteiger partial charge in [-0.15, -0.1) is 0 Å². The monoisotopic (exact) mass is 295 g/mol. The number of imidazole rings is 1. The molecule has 0 spiro atoms. The number of hydrogen-bond acceptors (Lipinski definition) is 4. The van der Waals surface area contributed by atoms with E-state index < -0.39 is 11.2 Å². The lowest BCUT2D eigenvalue weighted by atomic mass is 10.1. The number of fused-ring (bicyclic) bond motifs is 1. The van der Waals surface area contributed by atoms with Gasteiger partial charge in [0.2, 0.25) is 0 Å². The summed E-state index contributed by atoms with van der Waals surface area (Å²) in [4.78, 5) is 28.4. The second-order valence-electron chi connectivity index (χ2n) is 5.02. The van der Waals surface area contributed by atoms with Gasteiger partial charge in [0, 0.05) is 14.1 Å². The van der Waals surface area contributed by atoms with Crippen molar-refractivity contribution >= 4 is 11.2 Å². The largest absolute Gasteiger partial charge is 0.332 e. The van der Waals surface area contributed by atoms with Crippen LogP contribution in [0.4, 0.5) is 0 Å². The molecule has 2 heterocycles. The molecule has 0 amide bonds. The third-order valence-electron chi connectivity index (χ3n) is 3.70. The lowest BCUT2D eigenvalue weighted by molar-refractivity contribution is 0.702. The van der Waals surface area contributed by atoms with Crippen molar-refractivity contribution in [3.8, 4) is 6.07 Å². The number of nitriles is 1. The highest BCUT2D eigenvalue weighted by molar-refractivity contribution is 5.70. The van der Waals surface area contributed by atoms with Crippen molar-refractivity contribution in [1.29, 1.82) is 5.26 Å². The molecule has 0 unspecified atom stereocenters. The van der Waals surface area contributed by atoms with E-state index >= 15 is 0 Å². The molecule has 0 aliphatic heterocycles. The van der Waals surface area contributed by atoms with Crippen LogP contribution in [0.5, 0.6) is 0 Å². The fourth-order valence-electron chi connectivity index (χ4n) is 2.47. The number of hydrogen-bond donors (Lipinski definition) is 0. The van der Waals surface area contributed by atoms with Gasteiger partial charge in [-0.2, -0.15) is 5.26 Å². The summed E-state index contributed by atoms with van der Waals surface area (Å²) in [5, 5.41) is 9.15. The molecule has 0 bridgehead atoms. The van der Waals surface area contributed by atoms with Crippen molar-refractivity contribution in [2.24, 2.45) is 14.1 Å². The van der Waals surface area contributed by atoms with Crippen LogP contribution >= 0.6 is 0 Å². The Balaban J connectivity index is 2.24. The minimum Gasteiger partial charge on any atom is -0.320 e. The van der Waals surface area contributed by atoms with Crippen molar-refractivity contribution in [2.45, 2.75) is 6.54 Å². The zero-order valence-corrected chi connectivity index (χ0v) is 12.1. The van der Waals surface area contributed by atoms with Gasteiger partial charge in [-0.25, -0.2) is 9.78 Å². The Bertz CT molecular complexity index is 1030. The molecule has 7 nitrogen and oxygen atoms in total. The third-order valence-corrected chi connectivity index (χ3v) is 3.70. The van der Waals surface area contributed by atoms with Gasteiger partial charge in [-0.05, 0) is 11.6 Å². The molecule has 22 heavy (non-hydrogen) atoms. The van der Waals surface area contributed by atoms with Gasteiger partial charge >= 0.3 is 5.69 Å². The summed E-state index contributed by atoms with van der Waals surface area (Å²) in [5.74, 6) is 0. The molecule has 0 saturated carbocycles. The van der Waals surface area contributed by atoms with Crippen molar-refractivity contribution in [3.63, 3.8) is 0 Å². The van der Waals surface area contributed by atoms with Gasteiger partial charge in [0.15, 0.2) is 11.2 Å². The summed E-state index contributed by atoms with van der Waals surface area (Å²) in [6, 6.07) is 9.31. The van der Waals surface area contributed by atoms with Crippen LogP contribution in [-0.4, -0.2) is 18.7 Å². The fraction of sp³-hybridized carbons (Fsp3) is 0.200. The van der Waals surface area contributed by atoms with E-state index in [9.17, 15) is 9.59 Å². The van der Waals surface area contributed by atoms with Crippen LogP contribution in [-0.2, 0) is 20.6 Å². The third kappa shape index (κ3) is 1.93. The van der Waals surface area contributed by atoms with Crippen LogP contribution in [0, 0.1) is 11.3 Å². The SMILES string of the molecule is Cn1c(=O)c2c(ncn2Cc2ccccc2C#N)n(C)c1=O. The normalized spacial score (nSPS) is 10.8. The first kappa shape index (κ1) is 13.8. The second kappa shape index (κ2) is 5.00. The van der Waals surface area contributed by atoms with Gasteiger partial charge < -0.3 is 4.57 Å². The minimum atomic E-state index is -0.417. The van der Waals surface area contributed by atoms with Crippen LogP contribution in [0.2, 0.25) is 0 Å². The summed E-state index contributed by atoms with van der Waals surface area (Å²) >= 11 is 0. The van der Waals surface area contributed by atoms with Gasteiger partial charge in [-0.1, -0.05) is 18.2 Å². The first-order valence-corrected chi connectivity index (χ1v) is 6.63. The smallest absolute Gasteiger partial charge is 0.320 e. The second-order valence-corrected chi connectivity index (χ2v) is 5.02. The Morgan fingerprint density at radius 2 is 1.91 bits per heavy atom. The van der Waals surface area contributed by atoms with Gasteiger partial charge in [0.05, 0.1) is 24.5 Å².